The Morgan fingerprint density at radius 1 is 1.59 bits per heavy atom. The van der Waals surface area contributed by atoms with Crippen LogP contribution in [0.1, 0.15) is 5.56 Å². The number of nitrogens with one attached hydrogen (secondary N) is 1. The third kappa shape index (κ3) is 3.80. The predicted octanol–water partition coefficient (Wildman–Crippen LogP) is 1.48. The summed E-state index contributed by atoms with van der Waals surface area (Å²) >= 11 is 3.37. The molecule has 0 saturated carbocycles. The van der Waals surface area contributed by atoms with E-state index >= 15 is 0 Å². The SMILES string of the molecule is O=C(OCc1cccc(Br)c1)C1CNCCO1. The molecule has 4 nitrogen and oxygen atoms in total. The third-order valence-corrected chi connectivity index (χ3v) is 2.95. The average Bonchev–Trinajstić information content (AvgIpc) is 2.37. The van der Waals surface area contributed by atoms with E-state index in [0.717, 1.165) is 16.6 Å². The normalized spacial score (nSPS) is 19.9. The first-order chi connectivity index (χ1) is 8.25. The Bertz CT molecular complexity index is 391. The van der Waals surface area contributed by atoms with Crippen molar-refractivity contribution in [3.05, 3.63) is 34.3 Å². The van der Waals surface area contributed by atoms with Crippen molar-refractivity contribution in [1.29, 1.82) is 0 Å². The summed E-state index contributed by atoms with van der Waals surface area (Å²) in [6.45, 7) is 2.14. The molecule has 1 saturated heterocycles. The van der Waals surface area contributed by atoms with Crippen LogP contribution < -0.4 is 5.32 Å². The van der Waals surface area contributed by atoms with Crippen LogP contribution in [0, 0.1) is 0 Å². The minimum absolute atomic E-state index is 0.276. The Balaban J connectivity index is 1.83. The number of hydrogen-bond donors (Lipinski definition) is 1. The minimum atomic E-state index is -0.476. The number of benzene rings is 1. The fourth-order valence-corrected chi connectivity index (χ4v) is 2.04. The van der Waals surface area contributed by atoms with Gasteiger partial charge < -0.3 is 14.8 Å². The Morgan fingerprint density at radius 2 is 2.47 bits per heavy atom. The van der Waals surface area contributed by atoms with E-state index in [0.29, 0.717) is 13.2 Å². The second-order valence-corrected chi connectivity index (χ2v) is 4.72. The first-order valence-electron chi connectivity index (χ1n) is 5.49. The van der Waals surface area contributed by atoms with Crippen LogP contribution in [0.3, 0.4) is 0 Å². The first-order valence-corrected chi connectivity index (χ1v) is 6.28. The number of rotatable bonds is 3. The van der Waals surface area contributed by atoms with Gasteiger partial charge in [0.1, 0.15) is 6.61 Å². The van der Waals surface area contributed by atoms with Crippen molar-refractivity contribution in [2.75, 3.05) is 19.7 Å². The van der Waals surface area contributed by atoms with Gasteiger partial charge in [0, 0.05) is 17.6 Å². The molecule has 92 valence electrons. The molecule has 1 fully saturated rings. The largest absolute Gasteiger partial charge is 0.459 e. The Labute approximate surface area is 108 Å². The molecular weight excluding hydrogens is 286 g/mol. The quantitative estimate of drug-likeness (QED) is 0.859. The molecule has 0 amide bonds. The summed E-state index contributed by atoms with van der Waals surface area (Å²) in [6.07, 6.45) is -0.476. The van der Waals surface area contributed by atoms with Crippen LogP contribution in [0.2, 0.25) is 0 Å². The number of carbonyl (C=O) groups is 1. The van der Waals surface area contributed by atoms with Crippen molar-refractivity contribution in [2.45, 2.75) is 12.7 Å². The smallest absolute Gasteiger partial charge is 0.336 e. The Kier molecular flexibility index (Phi) is 4.53. The molecule has 1 unspecified atom stereocenters. The van der Waals surface area contributed by atoms with Crippen molar-refractivity contribution >= 4 is 21.9 Å². The maximum Gasteiger partial charge on any atom is 0.336 e. The lowest BCUT2D eigenvalue weighted by atomic mass is 10.2. The van der Waals surface area contributed by atoms with E-state index in [1.165, 1.54) is 0 Å². The van der Waals surface area contributed by atoms with Gasteiger partial charge in [-0.2, -0.15) is 0 Å². The number of carbonyl (C=O) groups excluding carboxylic acids is 1. The highest BCUT2D eigenvalue weighted by molar-refractivity contribution is 9.10. The highest BCUT2D eigenvalue weighted by Gasteiger charge is 2.23. The van der Waals surface area contributed by atoms with Crippen LogP contribution in [-0.4, -0.2) is 31.8 Å². The summed E-state index contributed by atoms with van der Waals surface area (Å²) in [5.41, 5.74) is 0.955. The van der Waals surface area contributed by atoms with Gasteiger partial charge in [-0.1, -0.05) is 28.1 Å². The molecule has 0 bridgehead atoms. The van der Waals surface area contributed by atoms with Crippen LogP contribution in [0.15, 0.2) is 28.7 Å². The lowest BCUT2D eigenvalue weighted by molar-refractivity contribution is -0.160. The van der Waals surface area contributed by atoms with E-state index in [9.17, 15) is 4.79 Å². The molecule has 1 N–H and O–H groups in total. The van der Waals surface area contributed by atoms with Gasteiger partial charge in [0.05, 0.1) is 6.61 Å². The summed E-state index contributed by atoms with van der Waals surface area (Å²) in [4.78, 5) is 11.7. The van der Waals surface area contributed by atoms with Crippen molar-refractivity contribution in [3.63, 3.8) is 0 Å². The van der Waals surface area contributed by atoms with E-state index in [1.54, 1.807) is 0 Å². The fraction of sp³-hybridized carbons (Fsp3) is 0.417. The lowest BCUT2D eigenvalue weighted by Crippen LogP contribution is -2.43. The maximum atomic E-state index is 11.7. The number of ether oxygens (including phenoxy) is 2. The first kappa shape index (κ1) is 12.5. The number of morpholine rings is 1. The second kappa shape index (κ2) is 6.14. The standard InChI is InChI=1S/C12H14BrNO3/c13-10-3-1-2-9(6-10)8-17-12(15)11-7-14-4-5-16-11/h1-3,6,11,14H,4-5,7-8H2. The topological polar surface area (TPSA) is 47.6 Å². The molecular formula is C12H14BrNO3. The molecule has 1 atom stereocenters. The van der Waals surface area contributed by atoms with Crippen LogP contribution >= 0.6 is 15.9 Å². The summed E-state index contributed by atoms with van der Waals surface area (Å²) in [5.74, 6) is -0.308. The summed E-state index contributed by atoms with van der Waals surface area (Å²) in [6, 6.07) is 7.68. The molecule has 5 heteroatoms. The molecule has 0 aromatic heterocycles. The van der Waals surface area contributed by atoms with E-state index in [4.69, 9.17) is 9.47 Å². The van der Waals surface area contributed by atoms with Crippen molar-refractivity contribution in [2.24, 2.45) is 0 Å². The highest BCUT2D eigenvalue weighted by atomic mass is 79.9. The summed E-state index contributed by atoms with van der Waals surface area (Å²) in [5, 5.41) is 3.09. The van der Waals surface area contributed by atoms with E-state index in [2.05, 4.69) is 21.2 Å². The molecule has 1 aromatic rings. The molecule has 1 heterocycles. The predicted molar refractivity (Wildman–Crippen MR) is 66.5 cm³/mol. The number of halogens is 1. The van der Waals surface area contributed by atoms with Crippen LogP contribution in [0.4, 0.5) is 0 Å². The van der Waals surface area contributed by atoms with Crippen molar-refractivity contribution < 1.29 is 14.3 Å². The van der Waals surface area contributed by atoms with Crippen LogP contribution in [0.25, 0.3) is 0 Å². The van der Waals surface area contributed by atoms with Gasteiger partial charge >= 0.3 is 5.97 Å². The minimum Gasteiger partial charge on any atom is -0.459 e. The fourth-order valence-electron chi connectivity index (χ4n) is 1.59. The number of esters is 1. The molecule has 2 rings (SSSR count). The second-order valence-electron chi connectivity index (χ2n) is 3.80. The van der Waals surface area contributed by atoms with Crippen molar-refractivity contribution in [1.82, 2.24) is 5.32 Å². The summed E-state index contributed by atoms with van der Waals surface area (Å²) in [7, 11) is 0. The molecule has 1 aliphatic rings. The highest BCUT2D eigenvalue weighted by Crippen LogP contribution is 2.12. The Morgan fingerprint density at radius 3 is 3.18 bits per heavy atom. The molecule has 1 aromatic carbocycles. The Hall–Kier alpha value is -0.910. The summed E-state index contributed by atoms with van der Waals surface area (Å²) < 4.78 is 11.5. The molecule has 0 spiro atoms. The van der Waals surface area contributed by atoms with Gasteiger partial charge in [-0.3, -0.25) is 0 Å². The van der Waals surface area contributed by atoms with Gasteiger partial charge in [-0.15, -0.1) is 0 Å². The zero-order chi connectivity index (χ0) is 12.1. The number of hydrogen-bond acceptors (Lipinski definition) is 4. The van der Waals surface area contributed by atoms with Crippen LogP contribution in [-0.2, 0) is 20.9 Å². The van der Waals surface area contributed by atoms with Gasteiger partial charge in [-0.05, 0) is 17.7 Å². The zero-order valence-electron chi connectivity index (χ0n) is 9.32. The average molecular weight is 300 g/mol. The van der Waals surface area contributed by atoms with E-state index in [1.807, 2.05) is 24.3 Å². The van der Waals surface area contributed by atoms with Crippen molar-refractivity contribution in [3.8, 4) is 0 Å². The van der Waals surface area contributed by atoms with Gasteiger partial charge in [-0.25, -0.2) is 4.79 Å². The lowest BCUT2D eigenvalue weighted by Gasteiger charge is -2.21. The zero-order valence-corrected chi connectivity index (χ0v) is 10.9. The maximum absolute atomic E-state index is 11.7. The monoisotopic (exact) mass is 299 g/mol. The van der Waals surface area contributed by atoms with Crippen LogP contribution in [0.5, 0.6) is 0 Å². The molecule has 0 aliphatic carbocycles. The van der Waals surface area contributed by atoms with Gasteiger partial charge in [0.25, 0.3) is 0 Å². The third-order valence-electron chi connectivity index (χ3n) is 2.46. The molecule has 17 heavy (non-hydrogen) atoms. The molecule has 1 aliphatic heterocycles. The molecule has 0 radical (unpaired) electrons. The van der Waals surface area contributed by atoms with E-state index < -0.39 is 6.10 Å². The van der Waals surface area contributed by atoms with E-state index in [-0.39, 0.29) is 12.6 Å². The van der Waals surface area contributed by atoms with Gasteiger partial charge in [0.15, 0.2) is 6.10 Å². The van der Waals surface area contributed by atoms with Gasteiger partial charge in [0.2, 0.25) is 0 Å².